The molecular weight excluding hydrogens is 542 g/mol. The fraction of sp³-hybridized carbons (Fsp3) is 0.577. The molecule has 2 aliphatic heterocycles. The zero-order valence-electron chi connectivity index (χ0n) is 23.7. The molecule has 1 saturated heterocycles. The van der Waals surface area contributed by atoms with Crippen LogP contribution >= 0.6 is 11.8 Å². The van der Waals surface area contributed by atoms with Crippen molar-refractivity contribution in [3.63, 3.8) is 0 Å². The standard InChI is InChI=1S/C26H39N3O8SSi/c1-10-12-35-24(33)20-17(14-28(7)15-18(30)27-21(31)25(34)36-13-11-2)38-23-19(22(32)29(20)23)16(3)37-39(8,9)26(4,5)6/h10-11,16,19,23H,1-2,12-15H2,3-9H3,(H,27,30,31)/t16-,19+,23-/m1/s1. The fourth-order valence-electron chi connectivity index (χ4n) is 3.82. The Morgan fingerprint density at radius 1 is 1.15 bits per heavy atom. The molecule has 2 heterocycles. The molecule has 0 radical (unpaired) electrons. The van der Waals surface area contributed by atoms with Crippen molar-refractivity contribution in [3.8, 4) is 0 Å². The van der Waals surface area contributed by atoms with Crippen LogP contribution in [0, 0.1) is 5.92 Å². The number of likely N-dealkylation sites (N-methyl/N-ethyl adjacent to an activating group) is 1. The van der Waals surface area contributed by atoms with E-state index in [-0.39, 0.29) is 54.4 Å². The minimum Gasteiger partial charge on any atom is -0.457 e. The molecule has 2 aliphatic rings. The predicted molar refractivity (Wildman–Crippen MR) is 149 cm³/mol. The predicted octanol–water partition coefficient (Wildman–Crippen LogP) is 2.17. The van der Waals surface area contributed by atoms with E-state index in [1.54, 1.807) is 11.9 Å². The normalized spacial score (nSPS) is 19.7. The Bertz CT molecular complexity index is 1070. The second-order valence-corrected chi connectivity index (χ2v) is 16.9. The lowest BCUT2D eigenvalue weighted by Gasteiger charge is -2.48. The Balaban J connectivity index is 2.15. The van der Waals surface area contributed by atoms with Crippen LogP contribution in [0.3, 0.4) is 0 Å². The number of thioether (sulfide) groups is 1. The maximum atomic E-state index is 13.3. The molecule has 11 nitrogen and oxygen atoms in total. The molecule has 1 N–H and O–H groups in total. The molecule has 3 amide bonds. The highest BCUT2D eigenvalue weighted by Gasteiger charge is 2.59. The number of nitrogens with zero attached hydrogens (tertiary/aromatic N) is 2. The Morgan fingerprint density at radius 2 is 1.74 bits per heavy atom. The van der Waals surface area contributed by atoms with Gasteiger partial charge in [0.25, 0.3) is 0 Å². The summed E-state index contributed by atoms with van der Waals surface area (Å²) >= 11 is 1.36. The average Bonchev–Trinajstić information content (AvgIpc) is 3.13. The number of imide groups is 1. The Morgan fingerprint density at radius 3 is 2.31 bits per heavy atom. The first-order chi connectivity index (χ1) is 18.0. The van der Waals surface area contributed by atoms with Crippen LogP contribution in [0.2, 0.25) is 18.1 Å². The van der Waals surface area contributed by atoms with E-state index >= 15 is 0 Å². The van der Waals surface area contributed by atoms with E-state index in [0.717, 1.165) is 0 Å². The smallest absolute Gasteiger partial charge is 0.397 e. The van der Waals surface area contributed by atoms with Gasteiger partial charge < -0.3 is 13.9 Å². The van der Waals surface area contributed by atoms with Crippen LogP contribution in [0.1, 0.15) is 27.7 Å². The lowest BCUT2D eigenvalue weighted by atomic mass is 9.92. The monoisotopic (exact) mass is 581 g/mol. The van der Waals surface area contributed by atoms with Gasteiger partial charge in [0.2, 0.25) is 11.8 Å². The lowest BCUT2D eigenvalue weighted by molar-refractivity contribution is -0.157. The van der Waals surface area contributed by atoms with E-state index in [1.165, 1.54) is 28.8 Å². The van der Waals surface area contributed by atoms with Gasteiger partial charge in [-0.1, -0.05) is 46.1 Å². The lowest BCUT2D eigenvalue weighted by Crippen LogP contribution is -2.62. The summed E-state index contributed by atoms with van der Waals surface area (Å²) in [6, 6.07) is 0. The molecule has 1 fully saturated rings. The van der Waals surface area contributed by atoms with E-state index in [0.29, 0.717) is 4.91 Å². The van der Waals surface area contributed by atoms with E-state index < -0.39 is 38.0 Å². The maximum Gasteiger partial charge on any atom is 0.397 e. The minimum atomic E-state index is -2.15. The maximum absolute atomic E-state index is 13.3. The minimum absolute atomic E-state index is 0.0242. The number of esters is 2. The molecule has 3 atom stereocenters. The van der Waals surface area contributed by atoms with Crippen LogP contribution in [-0.2, 0) is 37.9 Å². The van der Waals surface area contributed by atoms with Gasteiger partial charge in [-0.05, 0) is 32.1 Å². The number of nitrogens with one attached hydrogen (secondary N) is 1. The van der Waals surface area contributed by atoms with Gasteiger partial charge in [0.15, 0.2) is 8.32 Å². The highest BCUT2D eigenvalue weighted by molar-refractivity contribution is 8.04. The second kappa shape index (κ2) is 13.1. The summed E-state index contributed by atoms with van der Waals surface area (Å²) < 4.78 is 16.3. The highest BCUT2D eigenvalue weighted by Crippen LogP contribution is 2.52. The van der Waals surface area contributed by atoms with Crippen molar-refractivity contribution in [3.05, 3.63) is 35.9 Å². The molecule has 0 aromatic rings. The Labute approximate surface area is 235 Å². The van der Waals surface area contributed by atoms with Crippen molar-refractivity contribution >= 4 is 49.7 Å². The number of ether oxygens (including phenoxy) is 2. The third kappa shape index (κ3) is 7.68. The van der Waals surface area contributed by atoms with Crippen LogP contribution in [0.25, 0.3) is 0 Å². The van der Waals surface area contributed by atoms with Crippen LogP contribution in [-0.4, -0.2) is 92.6 Å². The summed E-state index contributed by atoms with van der Waals surface area (Å²) in [7, 11) is -0.539. The van der Waals surface area contributed by atoms with Gasteiger partial charge in [-0.3, -0.25) is 29.5 Å². The van der Waals surface area contributed by atoms with E-state index in [9.17, 15) is 24.0 Å². The van der Waals surface area contributed by atoms with Gasteiger partial charge in [-0.2, -0.15) is 0 Å². The number of β-lactam (4-membered cyclic amide) rings is 1. The number of carbonyl (C=O) groups is 5. The molecular formula is C26H39N3O8SSi. The van der Waals surface area contributed by atoms with Gasteiger partial charge in [0, 0.05) is 11.4 Å². The van der Waals surface area contributed by atoms with E-state index in [2.05, 4.69) is 51.8 Å². The number of hydrogen-bond donors (Lipinski definition) is 1. The molecule has 0 saturated carbocycles. The number of amides is 3. The van der Waals surface area contributed by atoms with Crippen molar-refractivity contribution in [1.29, 1.82) is 0 Å². The van der Waals surface area contributed by atoms with Crippen molar-refractivity contribution in [1.82, 2.24) is 15.1 Å². The van der Waals surface area contributed by atoms with E-state index in [1.807, 2.05) is 12.2 Å². The molecule has 0 aromatic heterocycles. The van der Waals surface area contributed by atoms with Crippen LogP contribution < -0.4 is 5.32 Å². The summed E-state index contributed by atoms with van der Waals surface area (Å²) in [5, 5.41) is 1.59. The zero-order valence-corrected chi connectivity index (χ0v) is 25.5. The molecule has 0 unspecified atom stereocenters. The van der Waals surface area contributed by atoms with Crippen LogP contribution in [0.4, 0.5) is 0 Å². The summed E-state index contributed by atoms with van der Waals surface area (Å²) in [5.74, 6) is -4.45. The summed E-state index contributed by atoms with van der Waals surface area (Å²) in [5.41, 5.74) is 0.129. The second-order valence-electron chi connectivity index (χ2n) is 10.9. The van der Waals surface area contributed by atoms with Crippen molar-refractivity contribution < 1.29 is 37.9 Å². The third-order valence-electron chi connectivity index (χ3n) is 6.77. The van der Waals surface area contributed by atoms with Crippen molar-refractivity contribution in [2.75, 3.05) is 33.4 Å². The fourth-order valence-corrected chi connectivity index (χ4v) is 6.93. The number of hydrogen-bond acceptors (Lipinski definition) is 10. The molecule has 2 rings (SSSR count). The quantitative estimate of drug-likeness (QED) is 0.120. The van der Waals surface area contributed by atoms with E-state index in [4.69, 9.17) is 9.16 Å². The third-order valence-corrected chi connectivity index (χ3v) is 12.7. The molecule has 0 bridgehead atoms. The first-order valence-electron chi connectivity index (χ1n) is 12.5. The molecule has 0 spiro atoms. The van der Waals surface area contributed by atoms with Crippen LogP contribution in [0.5, 0.6) is 0 Å². The molecule has 39 heavy (non-hydrogen) atoms. The number of carbonyl (C=O) groups excluding carboxylic acids is 5. The van der Waals surface area contributed by atoms with Crippen molar-refractivity contribution in [2.45, 2.75) is 57.3 Å². The Kier molecular flexibility index (Phi) is 10.9. The number of fused-ring (bicyclic) bond motifs is 1. The largest absolute Gasteiger partial charge is 0.457 e. The Hall–Kier alpha value is -2.74. The highest BCUT2D eigenvalue weighted by atomic mass is 32.2. The zero-order chi connectivity index (χ0) is 29.7. The van der Waals surface area contributed by atoms with Gasteiger partial charge >= 0.3 is 17.8 Å². The number of rotatable bonds is 12. The SMILES string of the molecule is C=CCOC(=O)C(=O)NC(=O)CN(C)CC1=C(C(=O)OCC=C)N2C(=O)[C@H]([C@@H](C)O[Si](C)(C)C(C)(C)C)[C@H]2S1. The van der Waals surface area contributed by atoms with Gasteiger partial charge in [0.1, 0.15) is 24.3 Å². The summed E-state index contributed by atoms with van der Waals surface area (Å²) in [6.45, 7) is 19.1. The van der Waals surface area contributed by atoms with Gasteiger partial charge in [0.05, 0.1) is 18.6 Å². The van der Waals surface area contributed by atoms with Gasteiger partial charge in [-0.15, -0.1) is 11.8 Å². The van der Waals surface area contributed by atoms with Crippen LogP contribution in [0.15, 0.2) is 35.9 Å². The molecule has 0 aromatic carbocycles. The van der Waals surface area contributed by atoms with Gasteiger partial charge in [-0.25, -0.2) is 9.59 Å². The van der Waals surface area contributed by atoms with Crippen molar-refractivity contribution in [2.24, 2.45) is 5.92 Å². The first-order valence-corrected chi connectivity index (χ1v) is 16.3. The first kappa shape index (κ1) is 32.5. The average molecular weight is 582 g/mol. The summed E-state index contributed by atoms with van der Waals surface area (Å²) in [4.78, 5) is 65.5. The summed E-state index contributed by atoms with van der Waals surface area (Å²) in [6.07, 6.45) is 2.37. The molecule has 0 aliphatic carbocycles. The molecule has 216 valence electrons. The topological polar surface area (TPSA) is 132 Å². The molecule has 13 heteroatoms.